The van der Waals surface area contributed by atoms with Gasteiger partial charge in [0.1, 0.15) is 0 Å². The van der Waals surface area contributed by atoms with Crippen LogP contribution in [-0.2, 0) is 19.1 Å². The minimum absolute atomic E-state index is 0.103. The molecule has 0 N–H and O–H groups in total. The smallest absolute Gasteiger partial charge is 0.320 e. The Kier molecular flexibility index (Phi) is 6.75. The van der Waals surface area contributed by atoms with Gasteiger partial charge in [0.15, 0.2) is 5.92 Å². The third-order valence-electron chi connectivity index (χ3n) is 1.91. The molecule has 0 rings (SSSR count). The molecule has 0 saturated carbocycles. The van der Waals surface area contributed by atoms with E-state index >= 15 is 0 Å². The molecular formula is C11H20O4. The predicted molar refractivity (Wildman–Crippen MR) is 56.2 cm³/mol. The molecule has 0 heterocycles. The van der Waals surface area contributed by atoms with Crippen LogP contribution >= 0.6 is 0 Å². The van der Waals surface area contributed by atoms with Crippen molar-refractivity contribution in [3.63, 3.8) is 0 Å². The summed E-state index contributed by atoms with van der Waals surface area (Å²) in [6, 6.07) is 0. The maximum Gasteiger partial charge on any atom is 0.320 e. The van der Waals surface area contributed by atoms with Gasteiger partial charge in [-0.1, -0.05) is 20.8 Å². The minimum atomic E-state index is -0.795. The van der Waals surface area contributed by atoms with Gasteiger partial charge in [-0.15, -0.1) is 0 Å². The van der Waals surface area contributed by atoms with Gasteiger partial charge in [0.2, 0.25) is 0 Å². The maximum absolute atomic E-state index is 11.5. The number of hydrogen-bond acceptors (Lipinski definition) is 4. The molecule has 0 amide bonds. The minimum Gasteiger partial charge on any atom is -0.465 e. The summed E-state index contributed by atoms with van der Waals surface area (Å²) in [5.74, 6) is -1.87. The van der Waals surface area contributed by atoms with E-state index in [0.29, 0.717) is 6.61 Å². The molecule has 0 saturated heterocycles. The zero-order chi connectivity index (χ0) is 11.8. The van der Waals surface area contributed by atoms with Crippen molar-refractivity contribution in [2.45, 2.75) is 34.1 Å². The van der Waals surface area contributed by atoms with E-state index in [9.17, 15) is 9.59 Å². The maximum atomic E-state index is 11.5. The summed E-state index contributed by atoms with van der Waals surface area (Å²) in [4.78, 5) is 23.0. The summed E-state index contributed by atoms with van der Waals surface area (Å²) in [5.41, 5.74) is 0. The zero-order valence-electron chi connectivity index (χ0n) is 9.91. The van der Waals surface area contributed by atoms with Crippen molar-refractivity contribution in [2.24, 2.45) is 11.8 Å². The van der Waals surface area contributed by atoms with E-state index in [4.69, 9.17) is 9.47 Å². The molecule has 0 aromatic carbocycles. The Morgan fingerprint density at radius 1 is 1.07 bits per heavy atom. The molecule has 0 fully saturated rings. The highest BCUT2D eigenvalue weighted by molar-refractivity contribution is 5.95. The molecule has 0 spiro atoms. The van der Waals surface area contributed by atoms with Crippen LogP contribution in [0.25, 0.3) is 0 Å². The predicted octanol–water partition coefficient (Wildman–Crippen LogP) is 1.77. The molecular weight excluding hydrogens is 196 g/mol. The van der Waals surface area contributed by atoms with E-state index < -0.39 is 17.9 Å². The number of carbonyl (C=O) groups is 2. The topological polar surface area (TPSA) is 52.6 Å². The van der Waals surface area contributed by atoms with Crippen molar-refractivity contribution < 1.29 is 19.1 Å². The van der Waals surface area contributed by atoms with Gasteiger partial charge in [0, 0.05) is 0 Å². The van der Waals surface area contributed by atoms with Gasteiger partial charge in [-0.2, -0.15) is 0 Å². The van der Waals surface area contributed by atoms with Gasteiger partial charge in [0.25, 0.3) is 0 Å². The normalized spacial score (nSPS) is 12.3. The Bertz CT molecular complexity index is 211. The summed E-state index contributed by atoms with van der Waals surface area (Å²) >= 11 is 0. The molecule has 0 aromatic rings. The van der Waals surface area contributed by atoms with Crippen LogP contribution < -0.4 is 0 Å². The van der Waals surface area contributed by atoms with Gasteiger partial charge in [-0.05, 0) is 19.3 Å². The lowest BCUT2D eigenvalue weighted by atomic mass is 9.96. The quantitative estimate of drug-likeness (QED) is 0.501. The van der Waals surface area contributed by atoms with E-state index in [0.717, 1.165) is 6.42 Å². The first-order chi connectivity index (χ1) is 7.04. The largest absolute Gasteiger partial charge is 0.465 e. The number of hydrogen-bond donors (Lipinski definition) is 0. The molecule has 0 aliphatic heterocycles. The van der Waals surface area contributed by atoms with Crippen LogP contribution in [0.3, 0.4) is 0 Å². The Balaban J connectivity index is 4.37. The molecule has 0 bridgehead atoms. The molecule has 1 atom stereocenters. The molecule has 0 radical (unpaired) electrons. The van der Waals surface area contributed by atoms with Crippen LogP contribution in [0.4, 0.5) is 0 Å². The Morgan fingerprint density at radius 3 is 2.00 bits per heavy atom. The number of rotatable bonds is 6. The van der Waals surface area contributed by atoms with E-state index in [-0.39, 0.29) is 12.5 Å². The van der Waals surface area contributed by atoms with Crippen LogP contribution in [0.5, 0.6) is 0 Å². The van der Waals surface area contributed by atoms with Crippen LogP contribution in [0.15, 0.2) is 0 Å². The first-order valence-corrected chi connectivity index (χ1v) is 5.37. The summed E-state index contributed by atoms with van der Waals surface area (Å²) < 4.78 is 9.77. The van der Waals surface area contributed by atoms with Crippen LogP contribution in [0.1, 0.15) is 34.1 Å². The molecule has 4 heteroatoms. The third-order valence-corrected chi connectivity index (χ3v) is 1.91. The van der Waals surface area contributed by atoms with Crippen molar-refractivity contribution in [1.82, 2.24) is 0 Å². The number of carbonyl (C=O) groups excluding carboxylic acids is 2. The highest BCUT2D eigenvalue weighted by Crippen LogP contribution is 2.15. The lowest BCUT2D eigenvalue weighted by Gasteiger charge is -2.17. The molecule has 88 valence electrons. The Morgan fingerprint density at radius 2 is 1.60 bits per heavy atom. The number of esters is 2. The van der Waals surface area contributed by atoms with E-state index in [1.165, 1.54) is 0 Å². The molecule has 0 aromatic heterocycles. The fraction of sp³-hybridized carbons (Fsp3) is 0.818. The Labute approximate surface area is 90.9 Å². The van der Waals surface area contributed by atoms with E-state index in [2.05, 4.69) is 0 Å². The fourth-order valence-electron chi connectivity index (χ4n) is 1.17. The Hall–Kier alpha value is -1.06. The van der Waals surface area contributed by atoms with Gasteiger partial charge >= 0.3 is 11.9 Å². The lowest BCUT2D eigenvalue weighted by Crippen LogP contribution is -2.32. The van der Waals surface area contributed by atoms with Crippen molar-refractivity contribution >= 4 is 11.9 Å². The highest BCUT2D eigenvalue weighted by atomic mass is 16.6. The van der Waals surface area contributed by atoms with Gasteiger partial charge in [-0.3, -0.25) is 9.59 Å². The summed E-state index contributed by atoms with van der Waals surface area (Å²) in [6.07, 6.45) is 0.749. The summed E-state index contributed by atoms with van der Waals surface area (Å²) in [5, 5.41) is 0. The van der Waals surface area contributed by atoms with Gasteiger partial charge in [0.05, 0.1) is 13.2 Å². The zero-order valence-corrected chi connectivity index (χ0v) is 9.91. The van der Waals surface area contributed by atoms with Crippen LogP contribution in [-0.4, -0.2) is 25.2 Å². The summed E-state index contributed by atoms with van der Waals surface area (Å²) in [6.45, 7) is 7.85. The SMILES string of the molecule is CCCOC(=O)C(C(=O)OCC)C(C)C. The second-order valence-corrected chi connectivity index (χ2v) is 3.64. The monoisotopic (exact) mass is 216 g/mol. The average molecular weight is 216 g/mol. The molecule has 4 nitrogen and oxygen atoms in total. The first kappa shape index (κ1) is 13.9. The second-order valence-electron chi connectivity index (χ2n) is 3.64. The van der Waals surface area contributed by atoms with Crippen LogP contribution in [0.2, 0.25) is 0 Å². The first-order valence-electron chi connectivity index (χ1n) is 5.37. The van der Waals surface area contributed by atoms with Crippen molar-refractivity contribution in [1.29, 1.82) is 0 Å². The lowest BCUT2D eigenvalue weighted by molar-refractivity contribution is -0.164. The van der Waals surface area contributed by atoms with E-state index in [1.807, 2.05) is 6.92 Å². The standard InChI is InChI=1S/C11H20O4/c1-5-7-15-11(13)9(8(3)4)10(12)14-6-2/h8-9H,5-7H2,1-4H3. The fourth-order valence-corrected chi connectivity index (χ4v) is 1.17. The molecule has 0 aliphatic carbocycles. The van der Waals surface area contributed by atoms with E-state index in [1.54, 1.807) is 20.8 Å². The van der Waals surface area contributed by atoms with Crippen LogP contribution in [0, 0.1) is 11.8 Å². The summed E-state index contributed by atoms with van der Waals surface area (Å²) in [7, 11) is 0. The molecule has 15 heavy (non-hydrogen) atoms. The van der Waals surface area contributed by atoms with Gasteiger partial charge in [-0.25, -0.2) is 0 Å². The second kappa shape index (κ2) is 7.26. The van der Waals surface area contributed by atoms with Crippen molar-refractivity contribution in [2.75, 3.05) is 13.2 Å². The molecule has 0 aliphatic rings. The average Bonchev–Trinajstić information content (AvgIpc) is 2.14. The third kappa shape index (κ3) is 4.81. The van der Waals surface area contributed by atoms with Crippen molar-refractivity contribution in [3.05, 3.63) is 0 Å². The highest BCUT2D eigenvalue weighted by Gasteiger charge is 2.32. The van der Waals surface area contributed by atoms with Crippen molar-refractivity contribution in [3.8, 4) is 0 Å². The van der Waals surface area contributed by atoms with Gasteiger partial charge < -0.3 is 9.47 Å². The molecule has 1 unspecified atom stereocenters. The number of ether oxygens (including phenoxy) is 2.